The minimum absolute atomic E-state index is 0.204. The fraction of sp³-hybridized carbons (Fsp3) is 0.846. The van der Waals surface area contributed by atoms with Gasteiger partial charge in [0.15, 0.2) is 0 Å². The van der Waals surface area contributed by atoms with Crippen LogP contribution in [0.2, 0.25) is 0 Å². The molecular formula is C13H27P. The monoisotopic (exact) mass is 214 g/mol. The fourth-order valence-corrected chi connectivity index (χ4v) is 4.01. The van der Waals surface area contributed by atoms with Crippen LogP contribution in [0.4, 0.5) is 0 Å². The molecule has 0 saturated heterocycles. The van der Waals surface area contributed by atoms with Crippen LogP contribution in [0.5, 0.6) is 0 Å². The van der Waals surface area contributed by atoms with E-state index in [1.165, 1.54) is 12.6 Å². The highest BCUT2D eigenvalue weighted by atomic mass is 31.1. The minimum Gasteiger partial charge on any atom is -0.0976 e. The molecule has 1 heteroatoms. The number of hydrogen-bond acceptors (Lipinski definition) is 0. The number of allylic oxidation sites excluding steroid dienone is 2. The van der Waals surface area contributed by atoms with Gasteiger partial charge in [-0.15, -0.1) is 0 Å². The Morgan fingerprint density at radius 1 is 0.857 bits per heavy atom. The predicted octanol–water partition coefficient (Wildman–Crippen LogP) is 4.89. The van der Waals surface area contributed by atoms with E-state index in [9.17, 15) is 0 Å². The summed E-state index contributed by atoms with van der Waals surface area (Å²) >= 11 is 0. The molecule has 0 nitrogen and oxygen atoms in total. The molecular weight excluding hydrogens is 187 g/mol. The van der Waals surface area contributed by atoms with E-state index in [0.29, 0.717) is 0 Å². The average Bonchev–Trinajstić information content (AvgIpc) is 2.01. The van der Waals surface area contributed by atoms with E-state index >= 15 is 0 Å². The third-order valence-corrected chi connectivity index (χ3v) is 5.70. The fourth-order valence-electron chi connectivity index (χ4n) is 1.58. The van der Waals surface area contributed by atoms with E-state index in [4.69, 9.17) is 0 Å². The zero-order valence-electron chi connectivity index (χ0n) is 10.7. The van der Waals surface area contributed by atoms with Crippen molar-refractivity contribution in [1.82, 2.24) is 0 Å². The molecule has 0 aliphatic carbocycles. The molecule has 0 aliphatic heterocycles. The first-order valence-corrected chi connectivity index (χ1v) is 7.52. The van der Waals surface area contributed by atoms with E-state index in [0.717, 1.165) is 17.2 Å². The standard InChI is InChI=1S/C13H27P/c1-11(2)9-7-8-10-14(12(3)4)13(5)6/h7-8,11-13H,9-10H2,1-6H3. The summed E-state index contributed by atoms with van der Waals surface area (Å²) in [5, 5.41) is 0. The Labute approximate surface area is 91.9 Å². The third-order valence-electron chi connectivity index (χ3n) is 2.42. The molecule has 0 saturated carbocycles. The Hall–Kier alpha value is 0.170. The Kier molecular flexibility index (Phi) is 7.55. The maximum atomic E-state index is 2.41. The lowest BCUT2D eigenvalue weighted by atomic mass is 10.1. The first-order chi connectivity index (χ1) is 6.45. The molecule has 0 atom stereocenters. The summed E-state index contributed by atoms with van der Waals surface area (Å²) in [6.45, 7) is 14.0. The van der Waals surface area contributed by atoms with Crippen molar-refractivity contribution >= 4 is 7.92 Å². The van der Waals surface area contributed by atoms with E-state index in [1.54, 1.807) is 0 Å². The summed E-state index contributed by atoms with van der Waals surface area (Å²) in [5.41, 5.74) is 1.74. The zero-order chi connectivity index (χ0) is 11.1. The molecule has 0 radical (unpaired) electrons. The third kappa shape index (κ3) is 6.60. The van der Waals surface area contributed by atoms with Crippen molar-refractivity contribution < 1.29 is 0 Å². The van der Waals surface area contributed by atoms with Gasteiger partial charge in [0.2, 0.25) is 0 Å². The molecule has 84 valence electrons. The molecule has 0 spiro atoms. The van der Waals surface area contributed by atoms with Crippen LogP contribution in [-0.2, 0) is 0 Å². The highest BCUT2D eigenvalue weighted by Gasteiger charge is 2.14. The second-order valence-electron chi connectivity index (χ2n) is 4.99. The summed E-state index contributed by atoms with van der Waals surface area (Å²) in [5.74, 6) is 0.801. The lowest BCUT2D eigenvalue weighted by Gasteiger charge is -2.24. The van der Waals surface area contributed by atoms with Crippen molar-refractivity contribution in [2.24, 2.45) is 5.92 Å². The van der Waals surface area contributed by atoms with Gasteiger partial charge in [0.25, 0.3) is 0 Å². The Balaban J connectivity index is 3.88. The Morgan fingerprint density at radius 2 is 1.36 bits per heavy atom. The van der Waals surface area contributed by atoms with Gasteiger partial charge < -0.3 is 0 Å². The first-order valence-electron chi connectivity index (χ1n) is 5.85. The molecule has 0 aromatic rings. The smallest absolute Gasteiger partial charge is 0.0140 e. The highest BCUT2D eigenvalue weighted by Crippen LogP contribution is 2.45. The van der Waals surface area contributed by atoms with E-state index in [1.807, 2.05) is 0 Å². The molecule has 0 aromatic carbocycles. The Morgan fingerprint density at radius 3 is 1.71 bits per heavy atom. The summed E-state index contributed by atoms with van der Waals surface area (Å²) in [6.07, 6.45) is 7.33. The summed E-state index contributed by atoms with van der Waals surface area (Å²) in [6, 6.07) is 0. The predicted molar refractivity (Wildman–Crippen MR) is 70.7 cm³/mol. The van der Waals surface area contributed by atoms with Gasteiger partial charge in [-0.1, -0.05) is 61.6 Å². The maximum Gasteiger partial charge on any atom is -0.0140 e. The van der Waals surface area contributed by atoms with Crippen molar-refractivity contribution in [3.05, 3.63) is 12.2 Å². The van der Waals surface area contributed by atoms with Gasteiger partial charge in [-0.25, -0.2) is 0 Å². The topological polar surface area (TPSA) is 0 Å². The number of hydrogen-bond donors (Lipinski definition) is 0. The van der Waals surface area contributed by atoms with Gasteiger partial charge in [0.05, 0.1) is 0 Å². The van der Waals surface area contributed by atoms with Gasteiger partial charge in [-0.2, -0.15) is 0 Å². The molecule has 0 aliphatic rings. The molecule has 14 heavy (non-hydrogen) atoms. The summed E-state index contributed by atoms with van der Waals surface area (Å²) in [7, 11) is 0.204. The largest absolute Gasteiger partial charge is 0.0976 e. The summed E-state index contributed by atoms with van der Waals surface area (Å²) < 4.78 is 0. The van der Waals surface area contributed by atoms with Gasteiger partial charge in [0, 0.05) is 0 Å². The van der Waals surface area contributed by atoms with Crippen LogP contribution in [0.3, 0.4) is 0 Å². The van der Waals surface area contributed by atoms with Crippen molar-refractivity contribution in [3.8, 4) is 0 Å². The zero-order valence-corrected chi connectivity index (χ0v) is 11.6. The SMILES string of the molecule is CC(C)CC=CCP(C(C)C)C(C)C. The minimum atomic E-state index is 0.204. The maximum absolute atomic E-state index is 2.41. The molecule has 0 fully saturated rings. The van der Waals surface area contributed by atoms with E-state index < -0.39 is 0 Å². The molecule has 0 N–H and O–H groups in total. The highest BCUT2D eigenvalue weighted by molar-refractivity contribution is 7.59. The van der Waals surface area contributed by atoms with E-state index in [-0.39, 0.29) is 7.92 Å². The molecule has 0 unspecified atom stereocenters. The Bertz CT molecular complexity index is 149. The second-order valence-corrected chi connectivity index (χ2v) is 8.44. The van der Waals surface area contributed by atoms with Crippen molar-refractivity contribution in [2.45, 2.75) is 59.3 Å². The molecule has 0 aromatic heterocycles. The van der Waals surface area contributed by atoms with Crippen LogP contribution in [0.15, 0.2) is 12.2 Å². The van der Waals surface area contributed by atoms with Crippen molar-refractivity contribution in [2.75, 3.05) is 6.16 Å². The first kappa shape index (κ1) is 14.2. The van der Waals surface area contributed by atoms with Crippen LogP contribution in [0.1, 0.15) is 48.0 Å². The average molecular weight is 214 g/mol. The van der Waals surface area contributed by atoms with Crippen LogP contribution < -0.4 is 0 Å². The van der Waals surface area contributed by atoms with Crippen LogP contribution in [0.25, 0.3) is 0 Å². The summed E-state index contributed by atoms with van der Waals surface area (Å²) in [4.78, 5) is 0. The van der Waals surface area contributed by atoms with E-state index in [2.05, 4.69) is 53.7 Å². The molecule has 0 amide bonds. The van der Waals surface area contributed by atoms with Crippen molar-refractivity contribution in [3.63, 3.8) is 0 Å². The van der Waals surface area contributed by atoms with Crippen molar-refractivity contribution in [1.29, 1.82) is 0 Å². The van der Waals surface area contributed by atoms with Gasteiger partial charge >= 0.3 is 0 Å². The van der Waals surface area contributed by atoms with Crippen LogP contribution >= 0.6 is 7.92 Å². The van der Waals surface area contributed by atoms with Gasteiger partial charge in [-0.3, -0.25) is 0 Å². The quantitative estimate of drug-likeness (QED) is 0.436. The second kappa shape index (κ2) is 7.46. The van der Waals surface area contributed by atoms with Gasteiger partial charge in [0.1, 0.15) is 0 Å². The molecule has 0 rings (SSSR count). The lowest BCUT2D eigenvalue weighted by Crippen LogP contribution is -2.05. The van der Waals surface area contributed by atoms with Crippen LogP contribution in [-0.4, -0.2) is 17.5 Å². The van der Waals surface area contributed by atoms with Crippen LogP contribution in [0, 0.1) is 5.92 Å². The molecule has 0 bridgehead atoms. The normalized spacial score (nSPS) is 13.0. The van der Waals surface area contributed by atoms with Gasteiger partial charge in [-0.05, 0) is 29.8 Å². The molecule has 0 heterocycles. The number of rotatable bonds is 6. The lowest BCUT2D eigenvalue weighted by molar-refractivity contribution is 0.663.